The first kappa shape index (κ1) is 10.6. The summed E-state index contributed by atoms with van der Waals surface area (Å²) in [5, 5.41) is 0. The van der Waals surface area contributed by atoms with Crippen LogP contribution < -0.4 is 16.2 Å². The van der Waals surface area contributed by atoms with Gasteiger partial charge in [0.15, 0.2) is 5.75 Å². The van der Waals surface area contributed by atoms with Crippen molar-refractivity contribution in [2.45, 2.75) is 4.90 Å². The molecular formula is C7H10N2O4S. The van der Waals surface area contributed by atoms with Gasteiger partial charge in [-0.15, -0.1) is 0 Å². The number of methoxy groups -OCH3 is 1. The number of nitrogens with two attached hydrogens (primary N) is 2. The van der Waals surface area contributed by atoms with Crippen molar-refractivity contribution in [2.24, 2.45) is 0 Å². The number of hydrogen-bond acceptors (Lipinski definition) is 5. The smallest absolute Gasteiger partial charge is 0.294 e. The van der Waals surface area contributed by atoms with Crippen molar-refractivity contribution in [3.05, 3.63) is 12.1 Å². The van der Waals surface area contributed by atoms with Gasteiger partial charge < -0.3 is 16.2 Å². The highest BCUT2D eigenvalue weighted by Crippen LogP contribution is 2.31. The lowest BCUT2D eigenvalue weighted by molar-refractivity contribution is 0.418. The van der Waals surface area contributed by atoms with Gasteiger partial charge in [0, 0.05) is 0 Å². The van der Waals surface area contributed by atoms with Crippen LogP contribution in [0.3, 0.4) is 0 Å². The van der Waals surface area contributed by atoms with Gasteiger partial charge in [0.2, 0.25) is 0 Å². The highest BCUT2D eigenvalue weighted by Gasteiger charge is 2.14. The maximum absolute atomic E-state index is 10.7. The number of anilines is 2. The fourth-order valence-electron chi connectivity index (χ4n) is 1.03. The Morgan fingerprint density at radius 2 is 1.71 bits per heavy atom. The fraction of sp³-hybridized carbons (Fsp3) is 0.143. The molecule has 1 aromatic carbocycles. The highest BCUT2D eigenvalue weighted by molar-refractivity contribution is 7.85. The van der Waals surface area contributed by atoms with E-state index in [1.54, 1.807) is 0 Å². The van der Waals surface area contributed by atoms with Crippen LogP contribution in [0.1, 0.15) is 0 Å². The second-order valence-electron chi connectivity index (χ2n) is 2.61. The van der Waals surface area contributed by atoms with E-state index in [2.05, 4.69) is 0 Å². The van der Waals surface area contributed by atoms with Crippen LogP contribution in [0.2, 0.25) is 0 Å². The molecule has 0 fully saturated rings. The van der Waals surface area contributed by atoms with E-state index in [0.29, 0.717) is 0 Å². The average Bonchev–Trinajstić information content (AvgIpc) is 2.01. The number of benzene rings is 1. The molecule has 0 aliphatic heterocycles. The summed E-state index contributed by atoms with van der Waals surface area (Å²) in [5.74, 6) is 0.192. The van der Waals surface area contributed by atoms with Gasteiger partial charge in [-0.1, -0.05) is 0 Å². The summed E-state index contributed by atoms with van der Waals surface area (Å²) < 4.78 is 35.0. The third-order valence-corrected chi connectivity index (χ3v) is 2.45. The first-order chi connectivity index (χ1) is 6.36. The van der Waals surface area contributed by atoms with Crippen molar-refractivity contribution in [3.63, 3.8) is 0 Å². The average molecular weight is 218 g/mol. The molecule has 0 aliphatic carbocycles. The molecule has 14 heavy (non-hydrogen) atoms. The molecule has 0 radical (unpaired) electrons. The van der Waals surface area contributed by atoms with Crippen LogP contribution in [-0.4, -0.2) is 20.1 Å². The summed E-state index contributed by atoms with van der Waals surface area (Å²) in [6.07, 6.45) is 0. The molecule has 0 unspecified atom stereocenters. The Labute approximate surface area is 81.2 Å². The molecule has 0 spiro atoms. The molecule has 5 N–H and O–H groups in total. The van der Waals surface area contributed by atoms with Gasteiger partial charge in [-0.05, 0) is 12.1 Å². The lowest BCUT2D eigenvalue weighted by Crippen LogP contribution is -2.03. The van der Waals surface area contributed by atoms with Crippen molar-refractivity contribution >= 4 is 21.5 Å². The van der Waals surface area contributed by atoms with Crippen LogP contribution in [-0.2, 0) is 10.1 Å². The monoisotopic (exact) mass is 218 g/mol. The van der Waals surface area contributed by atoms with E-state index in [1.165, 1.54) is 7.11 Å². The minimum Gasteiger partial charge on any atom is -0.492 e. The molecule has 1 aromatic rings. The molecular weight excluding hydrogens is 208 g/mol. The summed E-state index contributed by atoms with van der Waals surface area (Å²) in [5.41, 5.74) is 11.0. The Balaban J connectivity index is 3.43. The van der Waals surface area contributed by atoms with Gasteiger partial charge in [0.25, 0.3) is 10.1 Å². The maximum Gasteiger partial charge on any atom is 0.294 e. The number of hydrogen-bond donors (Lipinski definition) is 3. The molecule has 0 bridgehead atoms. The summed E-state index contributed by atoms with van der Waals surface area (Å²) in [7, 11) is -2.93. The second kappa shape index (κ2) is 3.35. The van der Waals surface area contributed by atoms with Crippen LogP contribution in [0.5, 0.6) is 5.75 Å². The van der Waals surface area contributed by atoms with Gasteiger partial charge >= 0.3 is 0 Å². The quantitative estimate of drug-likeness (QED) is 0.479. The Morgan fingerprint density at radius 3 is 2.00 bits per heavy atom. The molecule has 0 atom stereocenters. The molecule has 6 nitrogen and oxygen atoms in total. The first-order valence-corrected chi connectivity index (χ1v) is 5.00. The third-order valence-electron chi connectivity index (χ3n) is 1.62. The van der Waals surface area contributed by atoms with Crippen LogP contribution >= 0.6 is 0 Å². The molecule has 0 saturated heterocycles. The highest BCUT2D eigenvalue weighted by atomic mass is 32.2. The van der Waals surface area contributed by atoms with Crippen molar-refractivity contribution in [3.8, 4) is 5.75 Å². The number of rotatable bonds is 2. The third kappa shape index (κ3) is 1.88. The minimum atomic E-state index is -4.29. The van der Waals surface area contributed by atoms with E-state index in [0.717, 1.165) is 12.1 Å². The van der Waals surface area contributed by atoms with E-state index < -0.39 is 10.1 Å². The van der Waals surface area contributed by atoms with E-state index in [9.17, 15) is 8.42 Å². The summed E-state index contributed by atoms with van der Waals surface area (Å²) in [4.78, 5) is -0.353. The molecule has 0 saturated carbocycles. The minimum absolute atomic E-state index is 0.0557. The number of ether oxygens (including phenoxy) is 1. The topological polar surface area (TPSA) is 116 Å². The molecule has 0 aromatic heterocycles. The van der Waals surface area contributed by atoms with E-state index in [1.807, 2.05) is 0 Å². The molecule has 1 rings (SSSR count). The van der Waals surface area contributed by atoms with Crippen molar-refractivity contribution < 1.29 is 17.7 Å². The number of nitrogen functional groups attached to an aromatic ring is 2. The van der Waals surface area contributed by atoms with Crippen LogP contribution in [0, 0.1) is 0 Å². The zero-order valence-corrected chi connectivity index (χ0v) is 8.21. The Morgan fingerprint density at radius 1 is 1.29 bits per heavy atom. The Kier molecular flexibility index (Phi) is 2.54. The molecule has 0 heterocycles. The van der Waals surface area contributed by atoms with E-state index >= 15 is 0 Å². The zero-order valence-electron chi connectivity index (χ0n) is 7.39. The lowest BCUT2D eigenvalue weighted by Gasteiger charge is -2.08. The predicted octanol–water partition coefficient (Wildman–Crippen LogP) is 0.106. The molecule has 7 heteroatoms. The van der Waals surface area contributed by atoms with Gasteiger partial charge in [-0.3, -0.25) is 4.55 Å². The summed E-state index contributed by atoms with van der Waals surface area (Å²) in [6, 6.07) is 2.15. The van der Waals surface area contributed by atoms with Gasteiger partial charge in [-0.25, -0.2) is 0 Å². The molecule has 0 amide bonds. The second-order valence-corrected chi connectivity index (χ2v) is 4.03. The Hall–Kier alpha value is -1.47. The standard InChI is InChI=1S/C7H10N2O4S/c1-13-7-5(8)2-4(3-6(7)9)14(10,11)12/h2-3H,8-9H2,1H3,(H,10,11,12). The largest absolute Gasteiger partial charge is 0.492 e. The van der Waals surface area contributed by atoms with E-state index in [-0.39, 0.29) is 22.0 Å². The van der Waals surface area contributed by atoms with Crippen molar-refractivity contribution in [1.82, 2.24) is 0 Å². The first-order valence-electron chi connectivity index (χ1n) is 3.56. The molecule has 78 valence electrons. The van der Waals surface area contributed by atoms with Gasteiger partial charge in [0.1, 0.15) is 0 Å². The van der Waals surface area contributed by atoms with Gasteiger partial charge in [-0.2, -0.15) is 8.42 Å². The van der Waals surface area contributed by atoms with Gasteiger partial charge in [0.05, 0.1) is 23.4 Å². The van der Waals surface area contributed by atoms with Crippen molar-refractivity contribution in [2.75, 3.05) is 18.6 Å². The van der Waals surface area contributed by atoms with E-state index in [4.69, 9.17) is 20.8 Å². The zero-order chi connectivity index (χ0) is 10.9. The summed E-state index contributed by atoms with van der Waals surface area (Å²) >= 11 is 0. The normalized spacial score (nSPS) is 11.3. The van der Waals surface area contributed by atoms with Crippen molar-refractivity contribution in [1.29, 1.82) is 0 Å². The summed E-state index contributed by atoms with van der Waals surface area (Å²) in [6.45, 7) is 0. The molecule has 0 aliphatic rings. The van der Waals surface area contributed by atoms with Crippen LogP contribution in [0.25, 0.3) is 0 Å². The SMILES string of the molecule is COc1c(N)cc(S(=O)(=O)O)cc1N. The maximum atomic E-state index is 10.7. The van der Waals surface area contributed by atoms with Crippen LogP contribution in [0.4, 0.5) is 11.4 Å². The predicted molar refractivity (Wildman–Crippen MR) is 51.6 cm³/mol. The fourth-order valence-corrected chi connectivity index (χ4v) is 1.58. The Bertz CT molecular complexity index is 432. The van der Waals surface area contributed by atoms with Crippen LogP contribution in [0.15, 0.2) is 17.0 Å². The lowest BCUT2D eigenvalue weighted by atomic mass is 10.2.